The summed E-state index contributed by atoms with van der Waals surface area (Å²) in [7, 11) is 0. The Morgan fingerprint density at radius 1 is 1.06 bits per heavy atom. The van der Waals surface area contributed by atoms with E-state index in [1.165, 1.54) is 17.3 Å². The van der Waals surface area contributed by atoms with Gasteiger partial charge in [-0.15, -0.1) is 10.2 Å². The molecule has 178 valence electrons. The van der Waals surface area contributed by atoms with Gasteiger partial charge in [-0.3, -0.25) is 14.2 Å². The number of likely N-dealkylation sites (tertiary alicyclic amines) is 1. The fourth-order valence-corrected chi connectivity index (χ4v) is 4.76. The molecule has 7 nitrogen and oxygen atoms in total. The molecule has 0 radical (unpaired) electrons. The molecule has 34 heavy (non-hydrogen) atoms. The molecule has 1 fully saturated rings. The number of benzene rings is 2. The summed E-state index contributed by atoms with van der Waals surface area (Å²) in [6.45, 7) is 7.63. The number of carbonyl (C=O) groups is 2. The predicted octanol–water partition coefficient (Wildman–Crippen LogP) is 4.21. The standard InChI is InChI=1S/C26H31N5O2S/c1-18(2)20-8-10-23(11-9-20)31-17-27-29-26(31)34-16-24(32)28-22-12-14-30(15-13-22)25(33)21-6-4-19(3)5-7-21/h4-11,17-18,22H,12-16H2,1-3H3,(H,28,32). The van der Waals surface area contributed by atoms with E-state index in [0.29, 0.717) is 29.7 Å². The molecule has 0 spiro atoms. The maximum Gasteiger partial charge on any atom is 0.253 e. The van der Waals surface area contributed by atoms with Crippen LogP contribution in [0.5, 0.6) is 0 Å². The fraction of sp³-hybridized carbons (Fsp3) is 0.385. The molecule has 8 heteroatoms. The van der Waals surface area contributed by atoms with E-state index in [1.54, 1.807) is 6.33 Å². The van der Waals surface area contributed by atoms with Gasteiger partial charge in [0.2, 0.25) is 5.91 Å². The van der Waals surface area contributed by atoms with E-state index in [9.17, 15) is 9.59 Å². The Labute approximate surface area is 205 Å². The molecule has 1 saturated heterocycles. The van der Waals surface area contributed by atoms with Gasteiger partial charge in [0.15, 0.2) is 5.16 Å². The number of rotatable bonds is 7. The first-order chi connectivity index (χ1) is 16.4. The summed E-state index contributed by atoms with van der Waals surface area (Å²) in [5.41, 5.74) is 4.10. The van der Waals surface area contributed by atoms with Gasteiger partial charge in [0, 0.05) is 30.4 Å². The van der Waals surface area contributed by atoms with Crippen molar-refractivity contribution in [3.63, 3.8) is 0 Å². The third-order valence-electron chi connectivity index (χ3n) is 6.13. The van der Waals surface area contributed by atoms with Crippen LogP contribution in [0.4, 0.5) is 0 Å². The van der Waals surface area contributed by atoms with Crippen molar-refractivity contribution in [2.24, 2.45) is 0 Å². The molecule has 0 saturated carbocycles. The van der Waals surface area contributed by atoms with E-state index < -0.39 is 0 Å². The van der Waals surface area contributed by atoms with Crippen LogP contribution in [-0.2, 0) is 4.79 Å². The van der Waals surface area contributed by atoms with Crippen LogP contribution in [0.3, 0.4) is 0 Å². The molecular weight excluding hydrogens is 446 g/mol. The molecule has 0 bridgehead atoms. The van der Waals surface area contributed by atoms with Crippen molar-refractivity contribution in [2.75, 3.05) is 18.8 Å². The van der Waals surface area contributed by atoms with Crippen LogP contribution in [0.25, 0.3) is 5.69 Å². The monoisotopic (exact) mass is 477 g/mol. The molecule has 1 N–H and O–H groups in total. The van der Waals surface area contributed by atoms with Gasteiger partial charge in [0.1, 0.15) is 6.33 Å². The molecule has 0 atom stereocenters. The number of nitrogens with one attached hydrogen (secondary N) is 1. The minimum absolute atomic E-state index is 0.0296. The van der Waals surface area contributed by atoms with Gasteiger partial charge in [-0.1, -0.05) is 55.4 Å². The summed E-state index contributed by atoms with van der Waals surface area (Å²) in [6, 6.07) is 16.1. The van der Waals surface area contributed by atoms with Crippen molar-refractivity contribution in [3.05, 3.63) is 71.5 Å². The number of amides is 2. The summed E-state index contributed by atoms with van der Waals surface area (Å²) in [5, 5.41) is 12.0. The highest BCUT2D eigenvalue weighted by atomic mass is 32.2. The van der Waals surface area contributed by atoms with Crippen LogP contribution in [0.2, 0.25) is 0 Å². The molecule has 1 aliphatic heterocycles. The van der Waals surface area contributed by atoms with Crippen LogP contribution in [0.15, 0.2) is 60.0 Å². The Balaban J connectivity index is 1.25. The number of piperidine rings is 1. The zero-order valence-corrected chi connectivity index (χ0v) is 20.7. The van der Waals surface area contributed by atoms with E-state index in [0.717, 1.165) is 24.1 Å². The zero-order valence-electron chi connectivity index (χ0n) is 19.9. The number of hydrogen-bond donors (Lipinski definition) is 1. The highest BCUT2D eigenvalue weighted by Gasteiger charge is 2.24. The van der Waals surface area contributed by atoms with E-state index in [-0.39, 0.29) is 23.6 Å². The second-order valence-corrected chi connectivity index (χ2v) is 9.96. The second-order valence-electron chi connectivity index (χ2n) is 9.02. The van der Waals surface area contributed by atoms with Crippen molar-refractivity contribution in [3.8, 4) is 5.69 Å². The van der Waals surface area contributed by atoms with Gasteiger partial charge in [0.25, 0.3) is 5.91 Å². The van der Waals surface area contributed by atoms with Crippen LogP contribution < -0.4 is 5.32 Å². The molecule has 1 aromatic heterocycles. The molecule has 0 aliphatic carbocycles. The summed E-state index contributed by atoms with van der Waals surface area (Å²) in [4.78, 5) is 27.1. The highest BCUT2D eigenvalue weighted by molar-refractivity contribution is 7.99. The lowest BCUT2D eigenvalue weighted by molar-refractivity contribution is -0.119. The van der Waals surface area contributed by atoms with Gasteiger partial charge in [-0.05, 0) is 55.5 Å². The predicted molar refractivity (Wildman–Crippen MR) is 134 cm³/mol. The van der Waals surface area contributed by atoms with E-state index in [1.807, 2.05) is 40.7 Å². The Morgan fingerprint density at radius 2 is 1.74 bits per heavy atom. The summed E-state index contributed by atoms with van der Waals surface area (Å²) in [6.07, 6.45) is 3.18. The third kappa shape index (κ3) is 5.86. The van der Waals surface area contributed by atoms with Crippen LogP contribution in [0, 0.1) is 6.92 Å². The minimum Gasteiger partial charge on any atom is -0.353 e. The summed E-state index contributed by atoms with van der Waals surface area (Å²) >= 11 is 1.37. The molecule has 2 amide bonds. The van der Waals surface area contributed by atoms with Crippen molar-refractivity contribution < 1.29 is 9.59 Å². The largest absolute Gasteiger partial charge is 0.353 e. The molecule has 2 aromatic carbocycles. The molecule has 1 aliphatic rings. The number of hydrogen-bond acceptors (Lipinski definition) is 5. The number of carbonyl (C=O) groups excluding carboxylic acids is 2. The lowest BCUT2D eigenvalue weighted by atomic mass is 10.0. The summed E-state index contributed by atoms with van der Waals surface area (Å²) in [5.74, 6) is 0.768. The fourth-order valence-electron chi connectivity index (χ4n) is 4.02. The minimum atomic E-state index is -0.0296. The van der Waals surface area contributed by atoms with E-state index in [2.05, 4.69) is 53.6 Å². The zero-order chi connectivity index (χ0) is 24.1. The molecule has 2 heterocycles. The van der Waals surface area contributed by atoms with Crippen molar-refractivity contribution in [1.82, 2.24) is 25.0 Å². The quantitative estimate of drug-likeness (QED) is 0.516. The van der Waals surface area contributed by atoms with Crippen molar-refractivity contribution in [2.45, 2.75) is 50.7 Å². The maximum atomic E-state index is 12.7. The lowest BCUT2D eigenvalue weighted by Gasteiger charge is -2.32. The van der Waals surface area contributed by atoms with Gasteiger partial charge in [-0.25, -0.2) is 0 Å². The van der Waals surface area contributed by atoms with E-state index in [4.69, 9.17) is 0 Å². The number of aryl methyl sites for hydroxylation is 1. The first-order valence-corrected chi connectivity index (χ1v) is 12.7. The molecule has 4 rings (SSSR count). The molecule has 3 aromatic rings. The van der Waals surface area contributed by atoms with Gasteiger partial charge in [0.05, 0.1) is 5.75 Å². The Kier molecular flexibility index (Phi) is 7.67. The average Bonchev–Trinajstić information content (AvgIpc) is 3.32. The number of nitrogens with zero attached hydrogens (tertiary/aromatic N) is 4. The van der Waals surface area contributed by atoms with Crippen LogP contribution >= 0.6 is 11.8 Å². The Morgan fingerprint density at radius 3 is 2.38 bits per heavy atom. The first kappa shape index (κ1) is 24.0. The van der Waals surface area contributed by atoms with Gasteiger partial charge in [-0.2, -0.15) is 0 Å². The highest BCUT2D eigenvalue weighted by Crippen LogP contribution is 2.22. The Hall–Kier alpha value is -3.13. The second kappa shape index (κ2) is 10.9. The topological polar surface area (TPSA) is 80.1 Å². The van der Waals surface area contributed by atoms with Crippen LogP contribution in [-0.4, -0.2) is 56.4 Å². The molecular formula is C26H31N5O2S. The number of aromatic nitrogens is 3. The lowest BCUT2D eigenvalue weighted by Crippen LogP contribution is -2.47. The maximum absolute atomic E-state index is 12.7. The average molecular weight is 478 g/mol. The smallest absolute Gasteiger partial charge is 0.253 e. The summed E-state index contributed by atoms with van der Waals surface area (Å²) < 4.78 is 1.90. The van der Waals surface area contributed by atoms with Gasteiger partial charge < -0.3 is 10.2 Å². The van der Waals surface area contributed by atoms with Crippen molar-refractivity contribution >= 4 is 23.6 Å². The normalized spacial score (nSPS) is 14.4. The van der Waals surface area contributed by atoms with Gasteiger partial charge >= 0.3 is 0 Å². The van der Waals surface area contributed by atoms with Crippen LogP contribution in [0.1, 0.15) is 54.1 Å². The van der Waals surface area contributed by atoms with Crippen molar-refractivity contribution in [1.29, 1.82) is 0 Å². The SMILES string of the molecule is Cc1ccc(C(=O)N2CCC(NC(=O)CSc3nncn3-c3ccc(C(C)C)cc3)CC2)cc1. The Bertz CT molecular complexity index is 1120. The molecule has 0 unspecified atom stereocenters. The number of thioether (sulfide) groups is 1. The third-order valence-corrected chi connectivity index (χ3v) is 7.08. The first-order valence-electron chi connectivity index (χ1n) is 11.7. The van der Waals surface area contributed by atoms with E-state index >= 15 is 0 Å².